The minimum atomic E-state index is 0.619. The summed E-state index contributed by atoms with van der Waals surface area (Å²) >= 11 is 0. The van der Waals surface area contributed by atoms with Gasteiger partial charge in [-0.15, -0.1) is 13.2 Å². The topological polar surface area (TPSA) is 15.3 Å². The van der Waals surface area contributed by atoms with Crippen molar-refractivity contribution < 1.29 is 0 Å². The molecule has 0 aromatic rings. The number of piperidine rings is 1. The lowest BCUT2D eigenvalue weighted by Gasteiger charge is -2.33. The molecule has 0 aliphatic carbocycles. The van der Waals surface area contributed by atoms with Gasteiger partial charge in [-0.3, -0.25) is 4.90 Å². The number of hydrogen-bond acceptors (Lipinski definition) is 2. The molecule has 92 valence electrons. The highest BCUT2D eigenvalue weighted by Crippen LogP contribution is 2.11. The smallest absolute Gasteiger partial charge is 0.0160 e. The zero-order chi connectivity index (χ0) is 11.8. The number of nitrogens with one attached hydrogen (secondary N) is 1. The molecule has 0 bridgehead atoms. The molecule has 1 N–H and O–H groups in total. The number of rotatable bonds is 7. The van der Waals surface area contributed by atoms with Crippen molar-refractivity contribution in [1.82, 2.24) is 10.2 Å². The van der Waals surface area contributed by atoms with Gasteiger partial charge in [0, 0.05) is 18.6 Å². The molecule has 0 aromatic heterocycles. The molecule has 0 amide bonds. The van der Waals surface area contributed by atoms with Gasteiger partial charge in [-0.25, -0.2) is 0 Å². The number of likely N-dealkylation sites (tertiary alicyclic amines) is 1. The first-order valence-corrected chi connectivity index (χ1v) is 6.46. The van der Waals surface area contributed by atoms with E-state index in [1.165, 1.54) is 32.4 Å². The zero-order valence-electron chi connectivity index (χ0n) is 10.6. The second-order valence-corrected chi connectivity index (χ2v) is 4.80. The molecular formula is C14H26N2. The van der Waals surface area contributed by atoms with E-state index >= 15 is 0 Å². The Kier molecular flexibility index (Phi) is 6.43. The zero-order valence-corrected chi connectivity index (χ0v) is 10.6. The average Bonchev–Trinajstić information content (AvgIpc) is 2.29. The number of hydrogen-bond donors (Lipinski definition) is 1. The van der Waals surface area contributed by atoms with Crippen molar-refractivity contribution in [3.8, 4) is 0 Å². The monoisotopic (exact) mass is 222 g/mol. The van der Waals surface area contributed by atoms with Gasteiger partial charge in [0.2, 0.25) is 0 Å². The maximum Gasteiger partial charge on any atom is 0.0160 e. The molecule has 0 saturated carbocycles. The first kappa shape index (κ1) is 13.5. The summed E-state index contributed by atoms with van der Waals surface area (Å²) in [4.78, 5) is 2.47. The van der Waals surface area contributed by atoms with Crippen LogP contribution in [0.3, 0.4) is 0 Å². The largest absolute Gasteiger partial charge is 0.311 e. The van der Waals surface area contributed by atoms with E-state index in [1.54, 1.807) is 0 Å². The van der Waals surface area contributed by atoms with E-state index in [4.69, 9.17) is 0 Å². The quantitative estimate of drug-likeness (QED) is 0.666. The predicted octanol–water partition coefficient (Wildman–Crippen LogP) is 2.58. The normalized spacial score (nSPS) is 20.6. The van der Waals surface area contributed by atoms with Crippen molar-refractivity contribution in [3.63, 3.8) is 0 Å². The van der Waals surface area contributed by atoms with Crippen LogP contribution in [0.4, 0.5) is 0 Å². The van der Waals surface area contributed by atoms with Crippen molar-refractivity contribution in [2.75, 3.05) is 19.6 Å². The fraction of sp³-hybridized carbons (Fsp3) is 0.714. The van der Waals surface area contributed by atoms with E-state index < -0.39 is 0 Å². The van der Waals surface area contributed by atoms with Crippen molar-refractivity contribution in [1.29, 1.82) is 0 Å². The van der Waals surface area contributed by atoms with Crippen LogP contribution in [-0.4, -0.2) is 36.6 Å². The summed E-state index contributed by atoms with van der Waals surface area (Å²) < 4.78 is 0. The Morgan fingerprint density at radius 3 is 2.56 bits per heavy atom. The molecule has 1 fully saturated rings. The van der Waals surface area contributed by atoms with Gasteiger partial charge in [0.25, 0.3) is 0 Å². The lowest BCUT2D eigenvalue weighted by molar-refractivity contribution is 0.207. The van der Waals surface area contributed by atoms with Crippen LogP contribution >= 0.6 is 0 Å². The van der Waals surface area contributed by atoms with Crippen LogP contribution in [0.15, 0.2) is 25.3 Å². The third kappa shape index (κ3) is 4.95. The SMILES string of the molecule is C=CCCC(C)NC1CCN(CC=C)CC1. The molecule has 1 aliphatic rings. The second kappa shape index (κ2) is 7.64. The van der Waals surface area contributed by atoms with Crippen molar-refractivity contribution in [3.05, 3.63) is 25.3 Å². The van der Waals surface area contributed by atoms with Crippen LogP contribution in [0.1, 0.15) is 32.6 Å². The van der Waals surface area contributed by atoms with Gasteiger partial charge < -0.3 is 5.32 Å². The minimum Gasteiger partial charge on any atom is -0.311 e. The summed E-state index contributed by atoms with van der Waals surface area (Å²) in [5, 5.41) is 3.72. The van der Waals surface area contributed by atoms with E-state index in [1.807, 2.05) is 12.2 Å². The standard InChI is InChI=1S/C14H26N2/c1-4-6-7-13(3)15-14-8-11-16(10-5-2)12-9-14/h4-5,13-15H,1-2,6-12H2,3H3. The summed E-state index contributed by atoms with van der Waals surface area (Å²) in [7, 11) is 0. The molecule has 1 heterocycles. The Labute approximate surface area is 100 Å². The molecule has 0 spiro atoms. The minimum absolute atomic E-state index is 0.619. The number of nitrogens with zero attached hydrogens (tertiary/aromatic N) is 1. The van der Waals surface area contributed by atoms with Crippen LogP contribution in [0, 0.1) is 0 Å². The van der Waals surface area contributed by atoms with Gasteiger partial charge in [0.15, 0.2) is 0 Å². The van der Waals surface area contributed by atoms with E-state index in [9.17, 15) is 0 Å². The van der Waals surface area contributed by atoms with E-state index in [-0.39, 0.29) is 0 Å². The predicted molar refractivity (Wildman–Crippen MR) is 71.7 cm³/mol. The molecule has 1 aliphatic heterocycles. The fourth-order valence-corrected chi connectivity index (χ4v) is 2.32. The summed E-state index contributed by atoms with van der Waals surface area (Å²) in [6.07, 6.45) is 8.86. The van der Waals surface area contributed by atoms with Crippen molar-refractivity contribution in [2.24, 2.45) is 0 Å². The average molecular weight is 222 g/mol. The summed E-state index contributed by atoms with van der Waals surface area (Å²) in [6.45, 7) is 13.3. The van der Waals surface area contributed by atoms with Crippen LogP contribution in [0.2, 0.25) is 0 Å². The van der Waals surface area contributed by atoms with E-state index in [2.05, 4.69) is 30.3 Å². The molecule has 2 nitrogen and oxygen atoms in total. The Morgan fingerprint density at radius 2 is 2.00 bits per heavy atom. The molecular weight excluding hydrogens is 196 g/mol. The maximum atomic E-state index is 3.79. The van der Waals surface area contributed by atoms with Gasteiger partial charge in [-0.1, -0.05) is 12.2 Å². The third-order valence-electron chi connectivity index (χ3n) is 3.30. The summed E-state index contributed by atoms with van der Waals surface area (Å²) in [5.74, 6) is 0. The molecule has 1 rings (SSSR count). The van der Waals surface area contributed by atoms with Gasteiger partial charge in [0.1, 0.15) is 0 Å². The first-order chi connectivity index (χ1) is 7.76. The highest BCUT2D eigenvalue weighted by atomic mass is 15.1. The van der Waals surface area contributed by atoms with Crippen LogP contribution in [0.25, 0.3) is 0 Å². The molecule has 1 atom stereocenters. The lowest BCUT2D eigenvalue weighted by atomic mass is 10.0. The van der Waals surface area contributed by atoms with Crippen LogP contribution < -0.4 is 5.32 Å². The van der Waals surface area contributed by atoms with E-state index in [0.29, 0.717) is 12.1 Å². The maximum absolute atomic E-state index is 3.79. The molecule has 16 heavy (non-hydrogen) atoms. The van der Waals surface area contributed by atoms with Gasteiger partial charge in [-0.2, -0.15) is 0 Å². The second-order valence-electron chi connectivity index (χ2n) is 4.80. The highest BCUT2D eigenvalue weighted by molar-refractivity contribution is 4.83. The van der Waals surface area contributed by atoms with Crippen LogP contribution in [-0.2, 0) is 0 Å². The Bertz CT molecular complexity index is 205. The van der Waals surface area contributed by atoms with Gasteiger partial charge >= 0.3 is 0 Å². The Morgan fingerprint density at radius 1 is 1.31 bits per heavy atom. The Balaban J connectivity index is 2.15. The Hall–Kier alpha value is -0.600. The molecule has 0 radical (unpaired) electrons. The van der Waals surface area contributed by atoms with Crippen molar-refractivity contribution in [2.45, 2.75) is 44.7 Å². The highest BCUT2D eigenvalue weighted by Gasteiger charge is 2.18. The molecule has 2 heteroatoms. The summed E-state index contributed by atoms with van der Waals surface area (Å²) in [6, 6.07) is 1.33. The lowest BCUT2D eigenvalue weighted by Crippen LogP contribution is -2.45. The van der Waals surface area contributed by atoms with Gasteiger partial charge in [-0.05, 0) is 45.7 Å². The first-order valence-electron chi connectivity index (χ1n) is 6.46. The molecule has 1 saturated heterocycles. The molecule has 1 unspecified atom stereocenters. The fourth-order valence-electron chi connectivity index (χ4n) is 2.32. The summed E-state index contributed by atoms with van der Waals surface area (Å²) in [5.41, 5.74) is 0. The van der Waals surface area contributed by atoms with Gasteiger partial charge in [0.05, 0.1) is 0 Å². The van der Waals surface area contributed by atoms with Crippen LogP contribution in [0.5, 0.6) is 0 Å². The third-order valence-corrected chi connectivity index (χ3v) is 3.30. The number of allylic oxidation sites excluding steroid dienone is 1. The van der Waals surface area contributed by atoms with E-state index in [0.717, 1.165) is 13.0 Å². The molecule has 0 aromatic carbocycles. The van der Waals surface area contributed by atoms with Crippen molar-refractivity contribution >= 4 is 0 Å².